The fraction of sp³-hybridized carbons (Fsp3) is 0.667. The molecule has 0 aliphatic carbocycles. The molecule has 1 aromatic heterocycles. The Morgan fingerprint density at radius 2 is 2.16 bits per heavy atom. The number of methoxy groups -OCH3 is 1. The first-order valence-corrected chi connectivity index (χ1v) is 7.74. The number of hydrogen-bond donors (Lipinski definition) is 2. The summed E-state index contributed by atoms with van der Waals surface area (Å²) in [4.78, 5) is 36.8. The lowest BCUT2D eigenvalue weighted by molar-refractivity contribution is -0.148. The molecule has 0 bridgehead atoms. The van der Waals surface area contributed by atoms with Gasteiger partial charge in [-0.1, -0.05) is 0 Å². The summed E-state index contributed by atoms with van der Waals surface area (Å²) in [5.41, 5.74) is -0.909. The van der Waals surface area contributed by atoms with Gasteiger partial charge in [0.05, 0.1) is 19.3 Å². The zero-order valence-corrected chi connectivity index (χ0v) is 14.2. The number of aromatic amines is 1. The first-order valence-electron chi connectivity index (χ1n) is 7.74. The molecule has 5 atom stereocenters. The Bertz CT molecular complexity index is 700. The topological polar surface area (TPSA) is 129 Å². The molecule has 1 aliphatic rings. The Hall–Kier alpha value is -2.01. The third-order valence-electron chi connectivity index (χ3n) is 3.89. The molecule has 0 saturated carbocycles. The molecule has 1 aromatic rings. The standard InChI is InChI=1S/C15H22N2O8/c1-8-4-17(15(21)16-13(8)20)14-12(24-9(2)6-22-3)11(23-7-19)10(5-18)25-14/h4,7,9-12,14,18H,5-6H2,1-3H3,(H,16,20,21). The van der Waals surface area contributed by atoms with E-state index in [0.29, 0.717) is 5.56 Å². The van der Waals surface area contributed by atoms with Crippen LogP contribution in [0.4, 0.5) is 0 Å². The maximum Gasteiger partial charge on any atom is 0.330 e. The van der Waals surface area contributed by atoms with Crippen molar-refractivity contribution in [3.8, 4) is 0 Å². The Morgan fingerprint density at radius 1 is 1.44 bits per heavy atom. The van der Waals surface area contributed by atoms with Gasteiger partial charge in [-0.3, -0.25) is 19.1 Å². The zero-order chi connectivity index (χ0) is 18.6. The predicted octanol–water partition coefficient (Wildman–Crippen LogP) is -1.30. The SMILES string of the molecule is COCC(C)OC1C(OC=O)C(CO)OC1n1cc(C)c(=O)[nH]c1=O. The molecule has 2 N–H and O–H groups in total. The Kier molecular flexibility index (Phi) is 6.48. The van der Waals surface area contributed by atoms with Gasteiger partial charge in [0.1, 0.15) is 12.2 Å². The van der Waals surface area contributed by atoms with E-state index < -0.39 is 48.5 Å². The molecular formula is C15H22N2O8. The lowest BCUT2D eigenvalue weighted by atomic mass is 10.1. The number of hydrogen-bond acceptors (Lipinski definition) is 8. The second-order valence-corrected chi connectivity index (χ2v) is 5.79. The van der Waals surface area contributed by atoms with Crippen LogP contribution >= 0.6 is 0 Å². The van der Waals surface area contributed by atoms with E-state index in [2.05, 4.69) is 4.98 Å². The second-order valence-electron chi connectivity index (χ2n) is 5.79. The van der Waals surface area contributed by atoms with Crippen molar-refractivity contribution in [2.75, 3.05) is 20.3 Å². The number of ether oxygens (including phenoxy) is 4. The molecule has 1 saturated heterocycles. The van der Waals surface area contributed by atoms with E-state index in [-0.39, 0.29) is 13.1 Å². The highest BCUT2D eigenvalue weighted by Gasteiger charge is 2.48. The summed E-state index contributed by atoms with van der Waals surface area (Å²) in [6, 6.07) is 0. The molecule has 1 aliphatic heterocycles. The smallest absolute Gasteiger partial charge is 0.330 e. The van der Waals surface area contributed by atoms with Crippen LogP contribution in [0.25, 0.3) is 0 Å². The van der Waals surface area contributed by atoms with Gasteiger partial charge >= 0.3 is 5.69 Å². The molecule has 2 rings (SSSR count). The van der Waals surface area contributed by atoms with Crippen molar-refractivity contribution in [2.24, 2.45) is 0 Å². The van der Waals surface area contributed by atoms with Gasteiger partial charge in [-0.2, -0.15) is 0 Å². The number of rotatable bonds is 8. The van der Waals surface area contributed by atoms with Gasteiger partial charge in [0.25, 0.3) is 12.0 Å². The molecule has 2 heterocycles. The first kappa shape index (κ1) is 19.3. The van der Waals surface area contributed by atoms with Gasteiger partial charge in [-0.25, -0.2) is 4.79 Å². The van der Waals surface area contributed by atoms with Crippen LogP contribution in [0.2, 0.25) is 0 Å². The monoisotopic (exact) mass is 358 g/mol. The highest BCUT2D eigenvalue weighted by molar-refractivity contribution is 5.38. The highest BCUT2D eigenvalue weighted by atomic mass is 16.6. The van der Waals surface area contributed by atoms with E-state index in [1.54, 1.807) is 6.92 Å². The normalized spacial score (nSPS) is 27.2. The van der Waals surface area contributed by atoms with Crippen LogP contribution < -0.4 is 11.2 Å². The Morgan fingerprint density at radius 3 is 2.76 bits per heavy atom. The number of aliphatic hydroxyl groups is 1. The van der Waals surface area contributed by atoms with Gasteiger partial charge in [0, 0.05) is 18.9 Å². The average molecular weight is 358 g/mol. The summed E-state index contributed by atoms with van der Waals surface area (Å²) in [5, 5.41) is 9.50. The third-order valence-corrected chi connectivity index (χ3v) is 3.89. The van der Waals surface area contributed by atoms with Crippen LogP contribution in [0.5, 0.6) is 0 Å². The zero-order valence-electron chi connectivity index (χ0n) is 14.2. The molecule has 5 unspecified atom stereocenters. The van der Waals surface area contributed by atoms with Crippen LogP contribution in [0.15, 0.2) is 15.8 Å². The van der Waals surface area contributed by atoms with Crippen molar-refractivity contribution in [1.82, 2.24) is 9.55 Å². The van der Waals surface area contributed by atoms with E-state index in [0.717, 1.165) is 4.57 Å². The maximum absolute atomic E-state index is 12.2. The van der Waals surface area contributed by atoms with Crippen molar-refractivity contribution in [3.05, 3.63) is 32.6 Å². The molecule has 0 spiro atoms. The molecule has 25 heavy (non-hydrogen) atoms. The first-order chi connectivity index (χ1) is 11.9. The van der Waals surface area contributed by atoms with E-state index in [9.17, 15) is 19.5 Å². The summed E-state index contributed by atoms with van der Waals surface area (Å²) in [5.74, 6) is 0. The summed E-state index contributed by atoms with van der Waals surface area (Å²) in [6.07, 6.45) is -2.74. The van der Waals surface area contributed by atoms with E-state index in [1.807, 2.05) is 0 Å². The third kappa shape index (κ3) is 4.15. The van der Waals surface area contributed by atoms with E-state index >= 15 is 0 Å². The lowest BCUT2D eigenvalue weighted by Gasteiger charge is -2.26. The van der Waals surface area contributed by atoms with Crippen LogP contribution in [0, 0.1) is 6.92 Å². The number of nitrogens with one attached hydrogen (secondary N) is 1. The molecule has 1 fully saturated rings. The van der Waals surface area contributed by atoms with Gasteiger partial charge in [0.15, 0.2) is 12.3 Å². The minimum Gasteiger partial charge on any atom is -0.459 e. The van der Waals surface area contributed by atoms with Crippen molar-refractivity contribution in [2.45, 2.75) is 44.5 Å². The van der Waals surface area contributed by atoms with Crippen molar-refractivity contribution >= 4 is 6.47 Å². The van der Waals surface area contributed by atoms with E-state index in [4.69, 9.17) is 18.9 Å². The Labute approximate surface area is 143 Å². The predicted molar refractivity (Wildman–Crippen MR) is 84.2 cm³/mol. The molecule has 0 radical (unpaired) electrons. The van der Waals surface area contributed by atoms with Gasteiger partial charge < -0.3 is 24.1 Å². The number of nitrogens with zero attached hydrogens (tertiary/aromatic N) is 1. The number of carbonyl (C=O) groups excluding carboxylic acids is 1. The van der Waals surface area contributed by atoms with Gasteiger partial charge in [-0.05, 0) is 13.8 Å². The fourth-order valence-electron chi connectivity index (χ4n) is 2.77. The van der Waals surface area contributed by atoms with Gasteiger partial charge in [0.2, 0.25) is 0 Å². The minimum absolute atomic E-state index is 0.233. The maximum atomic E-state index is 12.2. The number of aromatic nitrogens is 2. The molecule has 0 amide bonds. The molecule has 140 valence electrons. The van der Waals surface area contributed by atoms with Crippen molar-refractivity contribution < 1.29 is 28.8 Å². The number of H-pyrrole nitrogens is 1. The summed E-state index contributed by atoms with van der Waals surface area (Å²) in [7, 11) is 1.51. The summed E-state index contributed by atoms with van der Waals surface area (Å²) < 4.78 is 22.7. The quantitative estimate of drug-likeness (QED) is 0.549. The lowest BCUT2D eigenvalue weighted by Crippen LogP contribution is -2.43. The van der Waals surface area contributed by atoms with Crippen molar-refractivity contribution in [1.29, 1.82) is 0 Å². The number of aliphatic hydroxyl groups excluding tert-OH is 1. The molecular weight excluding hydrogens is 336 g/mol. The molecule has 10 heteroatoms. The van der Waals surface area contributed by atoms with Crippen molar-refractivity contribution in [3.63, 3.8) is 0 Å². The second kappa shape index (κ2) is 8.39. The number of carbonyl (C=O) groups is 1. The van der Waals surface area contributed by atoms with Crippen LogP contribution in [0.1, 0.15) is 18.7 Å². The Balaban J connectivity index is 2.42. The summed E-state index contributed by atoms with van der Waals surface area (Å²) in [6.45, 7) is 3.34. The fourth-order valence-corrected chi connectivity index (χ4v) is 2.77. The number of aryl methyl sites for hydroxylation is 1. The van der Waals surface area contributed by atoms with E-state index in [1.165, 1.54) is 20.2 Å². The summed E-state index contributed by atoms with van der Waals surface area (Å²) >= 11 is 0. The van der Waals surface area contributed by atoms with Crippen LogP contribution in [-0.4, -0.2) is 65.9 Å². The largest absolute Gasteiger partial charge is 0.459 e. The van der Waals surface area contributed by atoms with Crippen LogP contribution in [0.3, 0.4) is 0 Å². The molecule has 0 aromatic carbocycles. The highest BCUT2D eigenvalue weighted by Crippen LogP contribution is 2.33. The molecule has 10 nitrogen and oxygen atoms in total. The average Bonchev–Trinajstić information content (AvgIpc) is 2.89. The van der Waals surface area contributed by atoms with Crippen LogP contribution in [-0.2, 0) is 23.7 Å². The van der Waals surface area contributed by atoms with Gasteiger partial charge in [-0.15, -0.1) is 0 Å². The minimum atomic E-state index is -0.996.